The number of hydrogen-bond acceptors (Lipinski definition) is 3. The van der Waals surface area contributed by atoms with Gasteiger partial charge in [0.05, 0.1) is 0 Å². The maximum atomic E-state index is 12.2. The maximum Gasteiger partial charge on any atom is 0.248 e. The molecule has 1 fully saturated rings. The second-order valence-electron chi connectivity index (χ2n) is 6.77. The fraction of sp³-hybridized carbons (Fsp3) is 0.174. The number of amides is 1. The average Bonchev–Trinajstić information content (AvgIpc) is 3.40. The zero-order chi connectivity index (χ0) is 19.3. The third-order valence-corrected chi connectivity index (χ3v) is 5.01. The van der Waals surface area contributed by atoms with Gasteiger partial charge in [-0.3, -0.25) is 4.79 Å². The Morgan fingerprint density at radius 1 is 0.964 bits per heavy atom. The van der Waals surface area contributed by atoms with E-state index in [0.717, 1.165) is 30.1 Å². The largest absolute Gasteiger partial charge is 0.457 e. The van der Waals surface area contributed by atoms with Crippen LogP contribution in [0.3, 0.4) is 0 Å². The lowest BCUT2D eigenvalue weighted by Crippen LogP contribution is -2.17. The van der Waals surface area contributed by atoms with E-state index in [2.05, 4.69) is 22.3 Å². The third kappa shape index (κ3) is 4.46. The highest BCUT2D eigenvalue weighted by Gasteiger charge is 2.12. The summed E-state index contributed by atoms with van der Waals surface area (Å²) in [5.41, 5.74) is 2.92. The molecule has 2 aromatic carbocycles. The van der Waals surface area contributed by atoms with E-state index in [1.54, 1.807) is 6.08 Å². The summed E-state index contributed by atoms with van der Waals surface area (Å²) in [7, 11) is 0. The molecule has 5 heteroatoms. The number of nitrogens with zero attached hydrogens (tertiary/aromatic N) is 1. The first kappa shape index (κ1) is 18.4. The van der Waals surface area contributed by atoms with Crippen LogP contribution in [0.5, 0.6) is 0 Å². The van der Waals surface area contributed by atoms with Crippen LogP contribution in [0, 0.1) is 0 Å². The highest BCUT2D eigenvalue weighted by Crippen LogP contribution is 2.25. The number of carbonyl (C=O) groups excluding carboxylic acids is 1. The van der Waals surface area contributed by atoms with Crippen molar-refractivity contribution in [1.82, 2.24) is 0 Å². The van der Waals surface area contributed by atoms with Crippen LogP contribution in [0.15, 0.2) is 71.2 Å². The molecule has 1 aliphatic rings. The van der Waals surface area contributed by atoms with Crippen LogP contribution in [0.2, 0.25) is 5.02 Å². The minimum Gasteiger partial charge on any atom is -0.457 e. The Morgan fingerprint density at radius 3 is 2.39 bits per heavy atom. The summed E-state index contributed by atoms with van der Waals surface area (Å²) >= 11 is 5.91. The maximum absolute atomic E-state index is 12.2. The fourth-order valence-corrected chi connectivity index (χ4v) is 3.41. The number of nitrogens with one attached hydrogen (secondary N) is 1. The predicted octanol–water partition coefficient (Wildman–Crippen LogP) is 5.85. The quantitative estimate of drug-likeness (QED) is 0.554. The van der Waals surface area contributed by atoms with Crippen LogP contribution < -0.4 is 10.2 Å². The van der Waals surface area contributed by atoms with E-state index in [1.165, 1.54) is 24.6 Å². The molecule has 0 bridgehead atoms. The van der Waals surface area contributed by atoms with Gasteiger partial charge < -0.3 is 14.6 Å². The molecule has 0 spiro atoms. The van der Waals surface area contributed by atoms with Crippen LogP contribution in [0.25, 0.3) is 17.4 Å². The first-order valence-corrected chi connectivity index (χ1v) is 9.75. The monoisotopic (exact) mass is 392 g/mol. The number of rotatable bonds is 5. The molecule has 142 valence electrons. The molecule has 1 saturated heterocycles. The third-order valence-electron chi connectivity index (χ3n) is 4.76. The Morgan fingerprint density at radius 2 is 1.68 bits per heavy atom. The Bertz CT molecular complexity index is 969. The first-order chi connectivity index (χ1) is 13.7. The molecule has 1 aliphatic heterocycles. The van der Waals surface area contributed by atoms with Gasteiger partial charge in [0.1, 0.15) is 11.5 Å². The van der Waals surface area contributed by atoms with Gasteiger partial charge in [-0.1, -0.05) is 11.6 Å². The highest BCUT2D eigenvalue weighted by molar-refractivity contribution is 6.30. The Balaban J connectivity index is 1.35. The lowest BCUT2D eigenvalue weighted by molar-refractivity contribution is -0.111. The topological polar surface area (TPSA) is 45.5 Å². The van der Waals surface area contributed by atoms with Gasteiger partial charge in [0.2, 0.25) is 5.91 Å². The van der Waals surface area contributed by atoms with Crippen molar-refractivity contribution in [2.45, 2.75) is 12.8 Å². The van der Waals surface area contributed by atoms with Crippen molar-refractivity contribution in [3.63, 3.8) is 0 Å². The van der Waals surface area contributed by atoms with E-state index in [-0.39, 0.29) is 5.91 Å². The smallest absolute Gasteiger partial charge is 0.248 e. The number of carbonyl (C=O) groups is 1. The predicted molar refractivity (Wildman–Crippen MR) is 115 cm³/mol. The molecule has 4 rings (SSSR count). The van der Waals surface area contributed by atoms with Gasteiger partial charge in [-0.25, -0.2) is 0 Å². The lowest BCUT2D eigenvalue weighted by atomic mass is 10.2. The molecule has 28 heavy (non-hydrogen) atoms. The summed E-state index contributed by atoms with van der Waals surface area (Å²) in [6, 6.07) is 19.1. The van der Waals surface area contributed by atoms with E-state index in [4.69, 9.17) is 16.0 Å². The van der Waals surface area contributed by atoms with E-state index in [0.29, 0.717) is 10.8 Å². The van der Waals surface area contributed by atoms with Gasteiger partial charge in [0, 0.05) is 41.1 Å². The van der Waals surface area contributed by atoms with E-state index in [1.807, 2.05) is 48.5 Å². The minimum atomic E-state index is -0.196. The number of hydrogen-bond donors (Lipinski definition) is 1. The molecule has 0 unspecified atom stereocenters. The molecule has 3 aromatic rings. The van der Waals surface area contributed by atoms with E-state index >= 15 is 0 Å². The molecule has 0 aliphatic carbocycles. The van der Waals surface area contributed by atoms with Crippen molar-refractivity contribution >= 4 is 35.0 Å². The zero-order valence-electron chi connectivity index (χ0n) is 15.4. The lowest BCUT2D eigenvalue weighted by Gasteiger charge is -2.17. The number of furan rings is 1. The van der Waals surface area contributed by atoms with Gasteiger partial charge in [-0.05, 0) is 79.6 Å². The van der Waals surface area contributed by atoms with Crippen molar-refractivity contribution in [3.05, 3.63) is 77.5 Å². The zero-order valence-corrected chi connectivity index (χ0v) is 16.2. The van der Waals surface area contributed by atoms with Crippen LogP contribution in [-0.4, -0.2) is 19.0 Å². The number of halogens is 1. The van der Waals surface area contributed by atoms with Crippen LogP contribution >= 0.6 is 11.6 Å². The molecule has 4 nitrogen and oxygen atoms in total. The number of benzene rings is 2. The number of anilines is 2. The molecule has 1 N–H and O–H groups in total. The van der Waals surface area contributed by atoms with Crippen molar-refractivity contribution in [2.75, 3.05) is 23.3 Å². The highest BCUT2D eigenvalue weighted by atomic mass is 35.5. The van der Waals surface area contributed by atoms with Crippen LogP contribution in [0.1, 0.15) is 18.6 Å². The first-order valence-electron chi connectivity index (χ1n) is 9.37. The summed E-state index contributed by atoms with van der Waals surface area (Å²) in [5, 5.41) is 3.56. The van der Waals surface area contributed by atoms with Gasteiger partial charge in [0.25, 0.3) is 0 Å². The Kier molecular flexibility index (Phi) is 5.49. The molecular weight excluding hydrogens is 372 g/mol. The van der Waals surface area contributed by atoms with Gasteiger partial charge in [-0.15, -0.1) is 0 Å². The Labute approximate surface area is 169 Å². The van der Waals surface area contributed by atoms with Crippen molar-refractivity contribution in [1.29, 1.82) is 0 Å². The fourth-order valence-electron chi connectivity index (χ4n) is 3.28. The second kappa shape index (κ2) is 8.36. The molecule has 0 radical (unpaired) electrons. The van der Waals surface area contributed by atoms with Crippen LogP contribution in [-0.2, 0) is 4.79 Å². The second-order valence-corrected chi connectivity index (χ2v) is 7.21. The van der Waals surface area contributed by atoms with E-state index in [9.17, 15) is 4.79 Å². The van der Waals surface area contributed by atoms with Gasteiger partial charge >= 0.3 is 0 Å². The summed E-state index contributed by atoms with van der Waals surface area (Å²) in [6.07, 6.45) is 5.62. The van der Waals surface area contributed by atoms with Gasteiger partial charge in [-0.2, -0.15) is 0 Å². The molecule has 1 aromatic heterocycles. The normalized spacial score (nSPS) is 14.0. The Hall–Kier alpha value is -2.98. The van der Waals surface area contributed by atoms with Crippen LogP contribution in [0.4, 0.5) is 11.4 Å². The summed E-state index contributed by atoms with van der Waals surface area (Å²) < 4.78 is 5.77. The molecule has 0 atom stereocenters. The van der Waals surface area contributed by atoms with Crippen molar-refractivity contribution in [3.8, 4) is 11.3 Å². The van der Waals surface area contributed by atoms with E-state index < -0.39 is 0 Å². The van der Waals surface area contributed by atoms with Gasteiger partial charge in [0.15, 0.2) is 0 Å². The summed E-state index contributed by atoms with van der Waals surface area (Å²) in [6.45, 7) is 2.21. The van der Waals surface area contributed by atoms with Crippen molar-refractivity contribution in [2.24, 2.45) is 0 Å². The average molecular weight is 393 g/mol. The minimum absolute atomic E-state index is 0.196. The standard InChI is InChI=1S/C23H21ClN2O2/c24-18-5-3-17(4-6-18)22-13-11-21(28-22)12-14-23(27)25-19-7-9-20(10-8-19)26-15-1-2-16-26/h3-14H,1-2,15-16H2,(H,25,27)/b14-12+. The molecular formula is C23H21ClN2O2. The summed E-state index contributed by atoms with van der Waals surface area (Å²) in [4.78, 5) is 14.5. The SMILES string of the molecule is O=C(/C=C/c1ccc(-c2ccc(Cl)cc2)o1)Nc1ccc(N2CCCC2)cc1. The molecule has 0 saturated carbocycles. The summed E-state index contributed by atoms with van der Waals surface area (Å²) in [5.74, 6) is 1.15. The molecule has 2 heterocycles. The van der Waals surface area contributed by atoms with Crippen molar-refractivity contribution < 1.29 is 9.21 Å². The molecule has 1 amide bonds.